The Bertz CT molecular complexity index is 446. The third-order valence-corrected chi connectivity index (χ3v) is 2.74. The van der Waals surface area contributed by atoms with Crippen molar-refractivity contribution in [1.82, 2.24) is 5.32 Å². The lowest BCUT2D eigenvalue weighted by molar-refractivity contribution is 0.0697. The Labute approximate surface area is 113 Å². The molecule has 0 bridgehead atoms. The summed E-state index contributed by atoms with van der Waals surface area (Å²) in [5, 5.41) is 14.3. The van der Waals surface area contributed by atoms with Crippen molar-refractivity contribution in [2.45, 2.75) is 39.2 Å². The van der Waals surface area contributed by atoms with E-state index in [1.54, 1.807) is 12.1 Å². The van der Waals surface area contributed by atoms with Crippen LogP contribution in [0.2, 0.25) is 0 Å². The van der Waals surface area contributed by atoms with Gasteiger partial charge < -0.3 is 15.7 Å². The molecule has 5 nitrogen and oxygen atoms in total. The zero-order valence-electron chi connectivity index (χ0n) is 11.3. The molecule has 1 atom stereocenters. The SMILES string of the molecule is CCCCC(C)NC(=O)Nc1cccc(C(=O)O)c1. The molecular weight excluding hydrogens is 244 g/mol. The molecule has 1 aromatic rings. The molecule has 104 valence electrons. The van der Waals surface area contributed by atoms with Crippen molar-refractivity contribution in [2.75, 3.05) is 5.32 Å². The largest absolute Gasteiger partial charge is 0.478 e. The van der Waals surface area contributed by atoms with Gasteiger partial charge in [0.1, 0.15) is 0 Å². The molecule has 0 heterocycles. The Hall–Kier alpha value is -2.04. The van der Waals surface area contributed by atoms with E-state index in [4.69, 9.17) is 5.11 Å². The number of hydrogen-bond donors (Lipinski definition) is 3. The Balaban J connectivity index is 2.52. The van der Waals surface area contributed by atoms with E-state index in [1.807, 2.05) is 6.92 Å². The molecule has 0 radical (unpaired) electrons. The Morgan fingerprint density at radius 1 is 1.37 bits per heavy atom. The number of unbranched alkanes of at least 4 members (excludes halogenated alkanes) is 1. The summed E-state index contributed by atoms with van der Waals surface area (Å²) in [6.45, 7) is 4.05. The molecule has 1 rings (SSSR count). The first-order valence-electron chi connectivity index (χ1n) is 6.43. The number of nitrogens with one attached hydrogen (secondary N) is 2. The standard InChI is InChI=1S/C14H20N2O3/c1-3-4-6-10(2)15-14(19)16-12-8-5-7-11(9-12)13(17)18/h5,7-10H,3-4,6H2,1-2H3,(H,17,18)(H2,15,16,19). The summed E-state index contributed by atoms with van der Waals surface area (Å²) in [5.41, 5.74) is 0.622. The van der Waals surface area contributed by atoms with Gasteiger partial charge in [0.15, 0.2) is 0 Å². The first kappa shape index (κ1) is 15.0. The van der Waals surface area contributed by atoms with Gasteiger partial charge in [0, 0.05) is 11.7 Å². The normalized spacial score (nSPS) is 11.7. The van der Waals surface area contributed by atoms with E-state index in [-0.39, 0.29) is 17.6 Å². The summed E-state index contributed by atoms with van der Waals surface area (Å²) >= 11 is 0. The van der Waals surface area contributed by atoms with Crippen molar-refractivity contribution in [3.63, 3.8) is 0 Å². The van der Waals surface area contributed by atoms with Crippen molar-refractivity contribution >= 4 is 17.7 Å². The summed E-state index contributed by atoms with van der Waals surface area (Å²) in [4.78, 5) is 22.5. The fourth-order valence-electron chi connectivity index (χ4n) is 1.70. The van der Waals surface area contributed by atoms with Crippen LogP contribution in [0.25, 0.3) is 0 Å². The van der Waals surface area contributed by atoms with E-state index in [1.165, 1.54) is 12.1 Å². The molecule has 3 N–H and O–H groups in total. The zero-order valence-corrected chi connectivity index (χ0v) is 11.3. The lowest BCUT2D eigenvalue weighted by Crippen LogP contribution is -2.36. The number of carboxylic acid groups (broad SMARTS) is 1. The van der Waals surface area contributed by atoms with Crippen LogP contribution in [-0.2, 0) is 0 Å². The molecule has 2 amide bonds. The summed E-state index contributed by atoms with van der Waals surface area (Å²) in [6, 6.07) is 5.95. The average molecular weight is 264 g/mol. The summed E-state index contributed by atoms with van der Waals surface area (Å²) in [6.07, 6.45) is 3.09. The maximum Gasteiger partial charge on any atom is 0.335 e. The molecule has 0 aromatic heterocycles. The van der Waals surface area contributed by atoms with E-state index in [0.29, 0.717) is 5.69 Å². The van der Waals surface area contributed by atoms with Gasteiger partial charge in [-0.2, -0.15) is 0 Å². The predicted octanol–water partition coefficient (Wildman–Crippen LogP) is 3.09. The number of benzene rings is 1. The van der Waals surface area contributed by atoms with Gasteiger partial charge in [-0.1, -0.05) is 25.8 Å². The molecule has 0 aliphatic rings. The lowest BCUT2D eigenvalue weighted by atomic mass is 10.1. The minimum absolute atomic E-state index is 0.0996. The van der Waals surface area contributed by atoms with Gasteiger partial charge in [-0.3, -0.25) is 0 Å². The molecule has 19 heavy (non-hydrogen) atoms. The average Bonchev–Trinajstić information content (AvgIpc) is 2.36. The molecule has 0 spiro atoms. The van der Waals surface area contributed by atoms with Crippen molar-refractivity contribution in [1.29, 1.82) is 0 Å². The van der Waals surface area contributed by atoms with Gasteiger partial charge in [-0.15, -0.1) is 0 Å². The van der Waals surface area contributed by atoms with Crippen LogP contribution in [0, 0.1) is 0 Å². The highest BCUT2D eigenvalue weighted by molar-refractivity contribution is 5.93. The monoisotopic (exact) mass is 264 g/mol. The summed E-state index contributed by atoms with van der Waals surface area (Å²) in [7, 11) is 0. The molecule has 0 saturated heterocycles. The third-order valence-electron chi connectivity index (χ3n) is 2.74. The minimum Gasteiger partial charge on any atom is -0.478 e. The van der Waals surface area contributed by atoms with E-state index in [0.717, 1.165) is 19.3 Å². The van der Waals surface area contributed by atoms with Gasteiger partial charge in [0.05, 0.1) is 5.56 Å². The number of anilines is 1. The number of urea groups is 1. The molecular formula is C14H20N2O3. The second-order valence-electron chi connectivity index (χ2n) is 4.53. The number of carbonyl (C=O) groups excluding carboxylic acids is 1. The maximum atomic E-state index is 11.7. The number of rotatable bonds is 6. The first-order chi connectivity index (χ1) is 9.02. The summed E-state index contributed by atoms with van der Waals surface area (Å²) < 4.78 is 0. The second-order valence-corrected chi connectivity index (χ2v) is 4.53. The Morgan fingerprint density at radius 3 is 2.74 bits per heavy atom. The van der Waals surface area contributed by atoms with Crippen LogP contribution in [0.5, 0.6) is 0 Å². The second kappa shape index (κ2) is 7.41. The Morgan fingerprint density at radius 2 is 2.11 bits per heavy atom. The van der Waals surface area contributed by atoms with Gasteiger partial charge in [0.2, 0.25) is 0 Å². The molecule has 1 unspecified atom stereocenters. The van der Waals surface area contributed by atoms with Gasteiger partial charge >= 0.3 is 12.0 Å². The first-order valence-corrected chi connectivity index (χ1v) is 6.43. The van der Waals surface area contributed by atoms with Crippen LogP contribution in [0.3, 0.4) is 0 Å². The number of amides is 2. The number of aromatic carboxylic acids is 1. The highest BCUT2D eigenvalue weighted by atomic mass is 16.4. The molecule has 0 aliphatic carbocycles. The van der Waals surface area contributed by atoms with Crippen LogP contribution in [0.1, 0.15) is 43.5 Å². The van der Waals surface area contributed by atoms with E-state index < -0.39 is 5.97 Å². The third kappa shape index (κ3) is 5.42. The number of hydrogen-bond acceptors (Lipinski definition) is 2. The topological polar surface area (TPSA) is 78.4 Å². The highest BCUT2D eigenvalue weighted by Crippen LogP contribution is 2.10. The number of carbonyl (C=O) groups is 2. The fourth-order valence-corrected chi connectivity index (χ4v) is 1.70. The Kier molecular flexibility index (Phi) is 5.85. The number of carboxylic acids is 1. The zero-order chi connectivity index (χ0) is 14.3. The molecule has 0 fully saturated rings. The van der Waals surface area contributed by atoms with Gasteiger partial charge in [-0.05, 0) is 31.5 Å². The maximum absolute atomic E-state index is 11.7. The molecule has 0 saturated carbocycles. The lowest BCUT2D eigenvalue weighted by Gasteiger charge is -2.14. The quantitative estimate of drug-likeness (QED) is 0.738. The van der Waals surface area contributed by atoms with E-state index in [2.05, 4.69) is 17.6 Å². The van der Waals surface area contributed by atoms with Crippen molar-refractivity contribution in [2.24, 2.45) is 0 Å². The molecule has 5 heteroatoms. The van der Waals surface area contributed by atoms with Crippen molar-refractivity contribution in [3.05, 3.63) is 29.8 Å². The molecule has 0 aliphatic heterocycles. The summed E-state index contributed by atoms with van der Waals surface area (Å²) in [5.74, 6) is -1.01. The fraction of sp³-hybridized carbons (Fsp3) is 0.429. The predicted molar refractivity (Wildman–Crippen MR) is 74.5 cm³/mol. The highest BCUT2D eigenvalue weighted by Gasteiger charge is 2.08. The minimum atomic E-state index is -1.01. The van der Waals surface area contributed by atoms with Crippen LogP contribution in [0.15, 0.2) is 24.3 Å². The van der Waals surface area contributed by atoms with Crippen molar-refractivity contribution in [3.8, 4) is 0 Å². The van der Waals surface area contributed by atoms with Crippen LogP contribution in [0.4, 0.5) is 10.5 Å². The van der Waals surface area contributed by atoms with Crippen LogP contribution in [-0.4, -0.2) is 23.1 Å². The van der Waals surface area contributed by atoms with Crippen LogP contribution < -0.4 is 10.6 Å². The van der Waals surface area contributed by atoms with Gasteiger partial charge in [-0.25, -0.2) is 9.59 Å². The smallest absolute Gasteiger partial charge is 0.335 e. The van der Waals surface area contributed by atoms with Gasteiger partial charge in [0.25, 0.3) is 0 Å². The van der Waals surface area contributed by atoms with Crippen LogP contribution >= 0.6 is 0 Å². The van der Waals surface area contributed by atoms with E-state index >= 15 is 0 Å². The van der Waals surface area contributed by atoms with Crippen molar-refractivity contribution < 1.29 is 14.7 Å². The van der Waals surface area contributed by atoms with E-state index in [9.17, 15) is 9.59 Å². The molecule has 1 aromatic carbocycles.